The van der Waals surface area contributed by atoms with Crippen LogP contribution in [0.2, 0.25) is 0 Å². The van der Waals surface area contributed by atoms with Crippen LogP contribution in [0.5, 0.6) is 0 Å². The van der Waals surface area contributed by atoms with E-state index in [2.05, 4.69) is 10.2 Å². The SMILES string of the molecule is O=C1CC(C(=O)O)C(CCN2CCCCC2)N1. The van der Waals surface area contributed by atoms with Crippen molar-refractivity contribution in [1.82, 2.24) is 10.2 Å². The maximum atomic E-state index is 11.2. The van der Waals surface area contributed by atoms with Gasteiger partial charge >= 0.3 is 5.97 Å². The summed E-state index contributed by atoms with van der Waals surface area (Å²) in [7, 11) is 0. The van der Waals surface area contributed by atoms with Crippen molar-refractivity contribution < 1.29 is 14.7 Å². The molecule has 17 heavy (non-hydrogen) atoms. The van der Waals surface area contributed by atoms with E-state index >= 15 is 0 Å². The Bertz CT molecular complexity index is 300. The highest BCUT2D eigenvalue weighted by Crippen LogP contribution is 2.20. The molecule has 2 atom stereocenters. The zero-order valence-corrected chi connectivity index (χ0v) is 10.0. The van der Waals surface area contributed by atoms with Crippen LogP contribution in [0.4, 0.5) is 0 Å². The minimum atomic E-state index is -0.855. The minimum absolute atomic E-state index is 0.124. The van der Waals surface area contributed by atoms with Crippen molar-refractivity contribution in [2.75, 3.05) is 19.6 Å². The van der Waals surface area contributed by atoms with E-state index in [4.69, 9.17) is 5.11 Å². The van der Waals surface area contributed by atoms with Crippen LogP contribution in [0.15, 0.2) is 0 Å². The molecule has 0 aromatic carbocycles. The third-order valence-corrected chi connectivity index (χ3v) is 3.76. The second-order valence-corrected chi connectivity index (χ2v) is 5.01. The lowest BCUT2D eigenvalue weighted by Gasteiger charge is -2.28. The van der Waals surface area contributed by atoms with E-state index in [1.807, 2.05) is 0 Å². The van der Waals surface area contributed by atoms with Crippen molar-refractivity contribution in [2.45, 2.75) is 38.1 Å². The zero-order chi connectivity index (χ0) is 12.3. The fourth-order valence-electron chi connectivity index (χ4n) is 2.75. The Morgan fingerprint density at radius 1 is 1.35 bits per heavy atom. The van der Waals surface area contributed by atoms with Gasteiger partial charge in [0.1, 0.15) is 0 Å². The van der Waals surface area contributed by atoms with Crippen molar-refractivity contribution in [3.8, 4) is 0 Å². The van der Waals surface area contributed by atoms with Gasteiger partial charge in [-0.05, 0) is 32.4 Å². The average molecular weight is 240 g/mol. The number of rotatable bonds is 4. The molecule has 2 unspecified atom stereocenters. The first kappa shape index (κ1) is 12.4. The highest BCUT2D eigenvalue weighted by atomic mass is 16.4. The number of hydrogen-bond donors (Lipinski definition) is 2. The summed E-state index contributed by atoms with van der Waals surface area (Å²) in [4.78, 5) is 24.6. The maximum absolute atomic E-state index is 11.2. The molecule has 0 bridgehead atoms. The standard InChI is InChI=1S/C12H20N2O3/c15-11-8-9(12(16)17)10(13-11)4-7-14-5-2-1-3-6-14/h9-10H,1-8H2,(H,13,15)(H,16,17). The number of carboxylic acid groups (broad SMARTS) is 1. The molecule has 0 aliphatic carbocycles. The van der Waals surface area contributed by atoms with E-state index in [1.165, 1.54) is 19.3 Å². The molecule has 1 amide bonds. The normalized spacial score (nSPS) is 30.2. The number of likely N-dealkylation sites (tertiary alicyclic amines) is 1. The molecule has 0 aromatic heterocycles. The molecule has 2 aliphatic rings. The predicted molar refractivity (Wildman–Crippen MR) is 62.6 cm³/mol. The number of piperidine rings is 1. The lowest BCUT2D eigenvalue weighted by atomic mass is 9.98. The van der Waals surface area contributed by atoms with Gasteiger partial charge in [0.2, 0.25) is 5.91 Å². The van der Waals surface area contributed by atoms with Crippen molar-refractivity contribution in [3.63, 3.8) is 0 Å². The molecule has 0 spiro atoms. The average Bonchev–Trinajstić information content (AvgIpc) is 2.69. The number of amides is 1. The van der Waals surface area contributed by atoms with Gasteiger partial charge in [0, 0.05) is 19.0 Å². The Morgan fingerprint density at radius 3 is 2.71 bits per heavy atom. The van der Waals surface area contributed by atoms with Crippen LogP contribution in [-0.4, -0.2) is 47.6 Å². The summed E-state index contributed by atoms with van der Waals surface area (Å²) >= 11 is 0. The van der Waals surface area contributed by atoms with Crippen LogP contribution < -0.4 is 5.32 Å². The summed E-state index contributed by atoms with van der Waals surface area (Å²) in [5.74, 6) is -1.51. The van der Waals surface area contributed by atoms with E-state index < -0.39 is 11.9 Å². The summed E-state index contributed by atoms with van der Waals surface area (Å²) in [6.07, 6.45) is 4.66. The summed E-state index contributed by atoms with van der Waals surface area (Å²) < 4.78 is 0. The van der Waals surface area contributed by atoms with Gasteiger partial charge in [0.05, 0.1) is 5.92 Å². The lowest BCUT2D eigenvalue weighted by Crippen LogP contribution is -2.38. The first-order valence-corrected chi connectivity index (χ1v) is 6.41. The molecule has 2 aliphatic heterocycles. The largest absolute Gasteiger partial charge is 0.481 e. The number of carbonyl (C=O) groups excluding carboxylic acids is 1. The maximum Gasteiger partial charge on any atom is 0.309 e. The molecule has 0 radical (unpaired) electrons. The Hall–Kier alpha value is -1.10. The fraction of sp³-hybridized carbons (Fsp3) is 0.833. The predicted octanol–water partition coefficient (Wildman–Crippen LogP) is 0.452. The number of nitrogens with one attached hydrogen (secondary N) is 1. The van der Waals surface area contributed by atoms with E-state index in [-0.39, 0.29) is 18.4 Å². The highest BCUT2D eigenvalue weighted by molar-refractivity contribution is 5.86. The summed E-state index contributed by atoms with van der Waals surface area (Å²) in [5, 5.41) is 11.8. The summed E-state index contributed by atoms with van der Waals surface area (Å²) in [5.41, 5.74) is 0. The minimum Gasteiger partial charge on any atom is -0.481 e. The monoisotopic (exact) mass is 240 g/mol. The van der Waals surface area contributed by atoms with E-state index in [9.17, 15) is 9.59 Å². The number of hydrogen-bond acceptors (Lipinski definition) is 3. The number of carboxylic acids is 1. The highest BCUT2D eigenvalue weighted by Gasteiger charge is 2.37. The molecular weight excluding hydrogens is 220 g/mol. The smallest absolute Gasteiger partial charge is 0.309 e. The Kier molecular flexibility index (Phi) is 3.99. The van der Waals surface area contributed by atoms with Gasteiger partial charge in [-0.2, -0.15) is 0 Å². The quantitative estimate of drug-likeness (QED) is 0.748. The Morgan fingerprint density at radius 2 is 2.06 bits per heavy atom. The molecule has 0 aromatic rings. The first-order chi connectivity index (χ1) is 8.16. The van der Waals surface area contributed by atoms with Crippen molar-refractivity contribution in [3.05, 3.63) is 0 Å². The van der Waals surface area contributed by atoms with Crippen LogP contribution in [0.1, 0.15) is 32.1 Å². The Labute approximate surface area is 101 Å². The molecule has 2 saturated heterocycles. The molecule has 2 rings (SSSR count). The Balaban J connectivity index is 1.80. The molecular formula is C12H20N2O3. The van der Waals surface area contributed by atoms with Crippen molar-refractivity contribution in [2.24, 2.45) is 5.92 Å². The van der Waals surface area contributed by atoms with Gasteiger partial charge in [0.25, 0.3) is 0 Å². The zero-order valence-electron chi connectivity index (χ0n) is 10.0. The van der Waals surface area contributed by atoms with E-state index in [0.29, 0.717) is 0 Å². The van der Waals surface area contributed by atoms with Crippen LogP contribution in [0.3, 0.4) is 0 Å². The number of carbonyl (C=O) groups is 2. The topological polar surface area (TPSA) is 69.6 Å². The van der Waals surface area contributed by atoms with Gasteiger partial charge in [-0.15, -0.1) is 0 Å². The second kappa shape index (κ2) is 5.49. The molecule has 96 valence electrons. The third-order valence-electron chi connectivity index (χ3n) is 3.76. The van der Waals surface area contributed by atoms with Gasteiger partial charge in [-0.3, -0.25) is 9.59 Å². The fourth-order valence-corrected chi connectivity index (χ4v) is 2.75. The molecule has 2 fully saturated rings. The second-order valence-electron chi connectivity index (χ2n) is 5.01. The van der Waals surface area contributed by atoms with Gasteiger partial charge in [-0.25, -0.2) is 0 Å². The van der Waals surface area contributed by atoms with Crippen molar-refractivity contribution in [1.29, 1.82) is 0 Å². The number of nitrogens with zero attached hydrogens (tertiary/aromatic N) is 1. The third kappa shape index (κ3) is 3.19. The van der Waals surface area contributed by atoms with Crippen LogP contribution in [0.25, 0.3) is 0 Å². The molecule has 5 nitrogen and oxygen atoms in total. The lowest BCUT2D eigenvalue weighted by molar-refractivity contribution is -0.142. The summed E-state index contributed by atoms with van der Waals surface area (Å²) in [6, 6.07) is -0.179. The van der Waals surface area contributed by atoms with E-state index in [0.717, 1.165) is 26.1 Å². The van der Waals surface area contributed by atoms with Gasteiger partial charge < -0.3 is 15.3 Å². The molecule has 2 N–H and O–H groups in total. The summed E-state index contributed by atoms with van der Waals surface area (Å²) in [6.45, 7) is 3.12. The molecule has 5 heteroatoms. The number of aliphatic carboxylic acids is 1. The van der Waals surface area contributed by atoms with Crippen LogP contribution in [-0.2, 0) is 9.59 Å². The van der Waals surface area contributed by atoms with E-state index in [1.54, 1.807) is 0 Å². The van der Waals surface area contributed by atoms with Gasteiger partial charge in [0.15, 0.2) is 0 Å². The van der Waals surface area contributed by atoms with Crippen LogP contribution >= 0.6 is 0 Å². The van der Waals surface area contributed by atoms with Gasteiger partial charge in [-0.1, -0.05) is 6.42 Å². The molecule has 0 saturated carbocycles. The molecule has 2 heterocycles. The van der Waals surface area contributed by atoms with Crippen molar-refractivity contribution >= 4 is 11.9 Å². The van der Waals surface area contributed by atoms with Crippen LogP contribution in [0, 0.1) is 5.92 Å². The first-order valence-electron chi connectivity index (χ1n) is 6.41.